The molecule has 4 N–H and O–H groups in total. The van der Waals surface area contributed by atoms with Crippen LogP contribution >= 0.6 is 0 Å². The third-order valence-corrected chi connectivity index (χ3v) is 9.66. The maximum Gasteiger partial charge on any atom is 0.138 e. The van der Waals surface area contributed by atoms with E-state index in [9.17, 15) is 20.4 Å². The van der Waals surface area contributed by atoms with Gasteiger partial charge in [0.1, 0.15) is 11.5 Å². The van der Waals surface area contributed by atoms with Crippen LogP contribution in [-0.2, 0) is 25.7 Å². The van der Waals surface area contributed by atoms with E-state index in [1.165, 1.54) is 33.0 Å². The summed E-state index contributed by atoms with van der Waals surface area (Å²) in [6.07, 6.45) is 5.52. The molecule has 0 bridgehead atoms. The molecule has 0 aliphatic heterocycles. The molecule has 6 rings (SSSR count). The van der Waals surface area contributed by atoms with Gasteiger partial charge >= 0.3 is 0 Å². The number of aliphatic hydroxyl groups excluding tert-OH is 4. The molecular formula is C42H46O5. The second-order valence-corrected chi connectivity index (χ2v) is 12.7. The van der Waals surface area contributed by atoms with E-state index < -0.39 is 0 Å². The second kappa shape index (κ2) is 14.8. The molecule has 0 amide bonds. The van der Waals surface area contributed by atoms with Crippen molar-refractivity contribution in [2.75, 3.05) is 26.4 Å². The predicted molar refractivity (Wildman–Crippen MR) is 194 cm³/mol. The molecule has 0 aromatic heterocycles. The molecule has 0 radical (unpaired) electrons. The number of hydrogen-bond donors (Lipinski definition) is 4. The third kappa shape index (κ3) is 6.21. The Bertz CT molecular complexity index is 1900. The first kappa shape index (κ1) is 32.9. The van der Waals surface area contributed by atoms with E-state index in [1.54, 1.807) is 0 Å². The number of aryl methyl sites for hydroxylation is 6. The summed E-state index contributed by atoms with van der Waals surface area (Å²) in [5.74, 6) is 1.64. The standard InChI is InChI=1S/C42H46O5/c1-27-19-21-37-33(15-7-23-43)29-11-3-5-13-31(29)35(17-9-25-45)39(37)41(27)47-42-28(2)20-22-38-34(16-8-24-44)30-12-4-6-14-32(30)36(40(38)42)18-10-26-46/h3-6,11-14,19-22,43-46H,7-10,15-18,23-26H2,1-2H3. The van der Waals surface area contributed by atoms with Crippen LogP contribution in [0.15, 0.2) is 72.8 Å². The molecule has 0 heterocycles. The van der Waals surface area contributed by atoms with Gasteiger partial charge in [0.15, 0.2) is 0 Å². The van der Waals surface area contributed by atoms with E-state index >= 15 is 0 Å². The Morgan fingerprint density at radius 2 is 0.723 bits per heavy atom. The molecule has 6 aromatic carbocycles. The van der Waals surface area contributed by atoms with E-state index in [2.05, 4.69) is 86.6 Å². The fourth-order valence-corrected chi connectivity index (χ4v) is 7.50. The summed E-state index contributed by atoms with van der Waals surface area (Å²) in [4.78, 5) is 0. The van der Waals surface area contributed by atoms with Gasteiger partial charge in [-0.1, -0.05) is 72.8 Å². The minimum atomic E-state index is 0.102. The van der Waals surface area contributed by atoms with Crippen molar-refractivity contribution in [2.24, 2.45) is 0 Å². The lowest BCUT2D eigenvalue weighted by Crippen LogP contribution is -2.04. The molecule has 47 heavy (non-hydrogen) atoms. The highest BCUT2D eigenvalue weighted by Crippen LogP contribution is 2.46. The molecule has 0 spiro atoms. The summed E-state index contributed by atoms with van der Waals surface area (Å²) >= 11 is 0. The first-order valence-electron chi connectivity index (χ1n) is 17.1. The fourth-order valence-electron chi connectivity index (χ4n) is 7.50. The van der Waals surface area contributed by atoms with Crippen LogP contribution in [0.2, 0.25) is 0 Å². The summed E-state index contributed by atoms with van der Waals surface area (Å²) in [5.41, 5.74) is 6.81. The Morgan fingerprint density at radius 3 is 1.06 bits per heavy atom. The summed E-state index contributed by atoms with van der Waals surface area (Å²) in [6.45, 7) is 4.64. The maximum atomic E-state index is 9.94. The van der Waals surface area contributed by atoms with Crippen LogP contribution < -0.4 is 4.74 Å². The van der Waals surface area contributed by atoms with Crippen molar-refractivity contribution in [3.8, 4) is 11.5 Å². The van der Waals surface area contributed by atoms with E-state index in [0.717, 1.165) is 67.8 Å². The number of aliphatic hydroxyl groups is 4. The van der Waals surface area contributed by atoms with Crippen LogP contribution in [0, 0.1) is 13.8 Å². The zero-order valence-corrected chi connectivity index (χ0v) is 27.6. The number of benzene rings is 6. The van der Waals surface area contributed by atoms with Crippen molar-refractivity contribution < 1.29 is 25.2 Å². The van der Waals surface area contributed by atoms with Gasteiger partial charge < -0.3 is 25.2 Å². The molecule has 5 heteroatoms. The molecule has 0 saturated heterocycles. The minimum Gasteiger partial charge on any atom is -0.455 e. The topological polar surface area (TPSA) is 90.2 Å². The highest BCUT2D eigenvalue weighted by atomic mass is 16.5. The zero-order chi connectivity index (χ0) is 32.9. The monoisotopic (exact) mass is 630 g/mol. The predicted octanol–water partition coefficient (Wildman–Crippen LogP) is 8.41. The Labute approximate surface area is 277 Å². The highest BCUT2D eigenvalue weighted by Gasteiger charge is 2.23. The molecule has 0 aliphatic carbocycles. The molecule has 0 saturated carbocycles. The van der Waals surface area contributed by atoms with E-state index in [0.29, 0.717) is 38.5 Å². The van der Waals surface area contributed by atoms with Gasteiger partial charge in [-0.2, -0.15) is 0 Å². The second-order valence-electron chi connectivity index (χ2n) is 12.7. The van der Waals surface area contributed by atoms with Gasteiger partial charge in [0.05, 0.1) is 0 Å². The van der Waals surface area contributed by atoms with E-state index in [1.807, 2.05) is 0 Å². The summed E-state index contributed by atoms with van der Waals surface area (Å²) in [6, 6.07) is 25.7. The number of fused-ring (bicyclic) bond motifs is 4. The largest absolute Gasteiger partial charge is 0.455 e. The van der Waals surface area contributed by atoms with Crippen LogP contribution in [0.5, 0.6) is 11.5 Å². The first-order valence-corrected chi connectivity index (χ1v) is 17.1. The molecule has 0 aliphatic rings. The van der Waals surface area contributed by atoms with Crippen LogP contribution in [0.25, 0.3) is 43.1 Å². The van der Waals surface area contributed by atoms with Gasteiger partial charge in [0.25, 0.3) is 0 Å². The van der Waals surface area contributed by atoms with Crippen molar-refractivity contribution in [3.05, 3.63) is 106 Å². The molecule has 0 unspecified atom stereocenters. The lowest BCUT2D eigenvalue weighted by Gasteiger charge is -2.24. The van der Waals surface area contributed by atoms with Crippen LogP contribution in [0.1, 0.15) is 59.1 Å². The van der Waals surface area contributed by atoms with E-state index in [4.69, 9.17) is 4.74 Å². The number of rotatable bonds is 14. The molecule has 0 fully saturated rings. The molecule has 0 atom stereocenters. The number of hydrogen-bond acceptors (Lipinski definition) is 5. The van der Waals surface area contributed by atoms with Crippen molar-refractivity contribution in [1.29, 1.82) is 0 Å². The quantitative estimate of drug-likeness (QED) is 0.0908. The van der Waals surface area contributed by atoms with Crippen molar-refractivity contribution in [2.45, 2.75) is 65.2 Å². The van der Waals surface area contributed by atoms with E-state index in [-0.39, 0.29) is 26.4 Å². The average Bonchev–Trinajstić information content (AvgIpc) is 3.09. The summed E-state index contributed by atoms with van der Waals surface area (Å²) in [5, 5.41) is 48.6. The van der Waals surface area contributed by atoms with Crippen molar-refractivity contribution >= 4 is 43.1 Å². The smallest absolute Gasteiger partial charge is 0.138 e. The molecule has 244 valence electrons. The van der Waals surface area contributed by atoms with Gasteiger partial charge in [-0.15, -0.1) is 0 Å². The van der Waals surface area contributed by atoms with Crippen LogP contribution in [0.3, 0.4) is 0 Å². The highest BCUT2D eigenvalue weighted by molar-refractivity contribution is 6.11. The van der Waals surface area contributed by atoms with Crippen molar-refractivity contribution in [1.82, 2.24) is 0 Å². The van der Waals surface area contributed by atoms with Crippen LogP contribution in [0.4, 0.5) is 0 Å². The van der Waals surface area contributed by atoms with Gasteiger partial charge in [-0.05, 0) is 131 Å². The Morgan fingerprint density at radius 1 is 0.404 bits per heavy atom. The first-order chi connectivity index (χ1) is 23.0. The normalized spacial score (nSPS) is 11.8. The molecule has 5 nitrogen and oxygen atoms in total. The Balaban J connectivity index is 1.70. The molecular weight excluding hydrogens is 584 g/mol. The molecule has 6 aromatic rings. The Hall–Kier alpha value is -4.00. The van der Waals surface area contributed by atoms with Crippen LogP contribution in [-0.4, -0.2) is 46.9 Å². The SMILES string of the molecule is Cc1ccc2c(CCCO)c3ccccc3c(CCCO)c2c1Oc1c(C)ccc2c(CCCO)c3ccccc3c(CCCO)c12. The zero-order valence-electron chi connectivity index (χ0n) is 27.6. The van der Waals surface area contributed by atoms with Gasteiger partial charge in [-0.25, -0.2) is 0 Å². The van der Waals surface area contributed by atoms with Gasteiger partial charge in [0, 0.05) is 37.2 Å². The van der Waals surface area contributed by atoms with Crippen molar-refractivity contribution in [3.63, 3.8) is 0 Å². The maximum absolute atomic E-state index is 9.94. The van der Waals surface area contributed by atoms with Gasteiger partial charge in [-0.3, -0.25) is 0 Å². The lowest BCUT2D eigenvalue weighted by molar-refractivity contribution is 0.288. The van der Waals surface area contributed by atoms with Gasteiger partial charge in [0.2, 0.25) is 0 Å². The Kier molecular flexibility index (Phi) is 10.4. The summed E-state index contributed by atoms with van der Waals surface area (Å²) < 4.78 is 7.30. The fraction of sp³-hybridized carbons (Fsp3) is 0.333. The lowest BCUT2D eigenvalue weighted by atomic mass is 9.86. The summed E-state index contributed by atoms with van der Waals surface area (Å²) in [7, 11) is 0. The minimum absolute atomic E-state index is 0.102. The number of ether oxygens (including phenoxy) is 1. The third-order valence-electron chi connectivity index (χ3n) is 9.66. The average molecular weight is 631 g/mol.